The number of carbonyl (C=O) groups excluding carboxylic acids is 2. The standard InChI is InChI=1S/C27H36F2N2O2.CH4/c1-26-13-12-19-17(8-11-23-27(19,2)14-22(29)25(33)31(23)3)18(26)9-10-20(26)24(32)30-15-16-6-4-5-7-21(16)28;/h4-7,17-20,22-23H,8-15H2,1-3H3,(H,30,32);1H4/t17?,18-,19?,20+,22+,23+,26-,27+;/m0./s1. The van der Waals surface area contributed by atoms with Crippen LogP contribution in [0.5, 0.6) is 0 Å². The number of likely N-dealkylation sites (tertiary alicyclic amines) is 1. The first-order valence-corrected chi connectivity index (χ1v) is 12.6. The van der Waals surface area contributed by atoms with E-state index in [2.05, 4.69) is 19.2 Å². The zero-order chi connectivity index (χ0) is 23.5. The summed E-state index contributed by atoms with van der Waals surface area (Å²) in [6, 6.07) is 6.69. The number of carbonyl (C=O) groups is 2. The van der Waals surface area contributed by atoms with Crippen molar-refractivity contribution in [3.05, 3.63) is 35.6 Å². The van der Waals surface area contributed by atoms with E-state index in [1.54, 1.807) is 30.1 Å². The lowest BCUT2D eigenvalue weighted by Gasteiger charge is -2.62. The minimum absolute atomic E-state index is 0. The van der Waals surface area contributed by atoms with Crippen LogP contribution in [-0.2, 0) is 16.1 Å². The molecule has 0 bridgehead atoms. The first-order valence-electron chi connectivity index (χ1n) is 12.6. The Hall–Kier alpha value is -1.98. The predicted octanol–water partition coefficient (Wildman–Crippen LogP) is 5.51. The highest BCUT2D eigenvalue weighted by atomic mass is 19.1. The van der Waals surface area contributed by atoms with Gasteiger partial charge in [-0.1, -0.05) is 39.5 Å². The number of amides is 2. The molecule has 34 heavy (non-hydrogen) atoms. The average Bonchev–Trinajstić information content (AvgIpc) is 3.14. The quantitative estimate of drug-likeness (QED) is 0.628. The van der Waals surface area contributed by atoms with E-state index in [0.29, 0.717) is 29.7 Å². The topological polar surface area (TPSA) is 49.4 Å². The number of nitrogens with zero attached hydrogens (tertiary/aromatic N) is 1. The molecule has 3 saturated carbocycles. The van der Waals surface area contributed by atoms with Gasteiger partial charge in [0.1, 0.15) is 5.82 Å². The summed E-state index contributed by atoms with van der Waals surface area (Å²) < 4.78 is 28.7. The fourth-order valence-corrected chi connectivity index (χ4v) is 8.59. The zero-order valence-electron chi connectivity index (χ0n) is 19.9. The van der Waals surface area contributed by atoms with Gasteiger partial charge in [0.2, 0.25) is 5.91 Å². The van der Waals surface area contributed by atoms with Crippen LogP contribution in [0.2, 0.25) is 0 Å². The summed E-state index contributed by atoms with van der Waals surface area (Å²) in [6.45, 7) is 4.70. The van der Waals surface area contributed by atoms with Crippen LogP contribution in [0.3, 0.4) is 0 Å². The van der Waals surface area contributed by atoms with Crippen LogP contribution in [0.15, 0.2) is 24.3 Å². The molecular weight excluding hydrogens is 434 g/mol. The van der Waals surface area contributed by atoms with E-state index in [9.17, 15) is 18.4 Å². The summed E-state index contributed by atoms with van der Waals surface area (Å²) in [5.41, 5.74) is 0.240. The second-order valence-electron chi connectivity index (χ2n) is 11.6. The molecule has 4 fully saturated rings. The molecule has 1 aromatic carbocycles. The largest absolute Gasteiger partial charge is 0.352 e. The van der Waals surface area contributed by atoms with Gasteiger partial charge in [0.05, 0.1) is 0 Å². The number of hydrogen-bond donors (Lipinski definition) is 1. The summed E-state index contributed by atoms with van der Waals surface area (Å²) in [5.74, 6) is 0.634. The molecule has 1 aliphatic heterocycles. The first-order chi connectivity index (χ1) is 15.7. The zero-order valence-corrected chi connectivity index (χ0v) is 19.9. The molecular formula is C28H40F2N2O2. The number of hydrogen-bond acceptors (Lipinski definition) is 2. The van der Waals surface area contributed by atoms with Crippen LogP contribution < -0.4 is 5.32 Å². The number of rotatable bonds is 3. The highest BCUT2D eigenvalue weighted by Gasteiger charge is 2.63. The van der Waals surface area contributed by atoms with E-state index in [4.69, 9.17) is 0 Å². The molecule has 2 amide bonds. The Bertz CT molecular complexity index is 954. The number of benzene rings is 1. The Labute approximate surface area is 202 Å². The number of fused-ring (bicyclic) bond motifs is 5. The first kappa shape index (κ1) is 25.1. The van der Waals surface area contributed by atoms with Crippen molar-refractivity contribution in [1.29, 1.82) is 0 Å². The highest BCUT2D eigenvalue weighted by molar-refractivity contribution is 5.82. The van der Waals surface area contributed by atoms with Gasteiger partial charge in [-0.25, -0.2) is 8.78 Å². The van der Waals surface area contributed by atoms with E-state index >= 15 is 0 Å². The molecule has 1 aromatic rings. The van der Waals surface area contributed by atoms with Gasteiger partial charge in [0.15, 0.2) is 6.17 Å². The fraction of sp³-hybridized carbons (Fsp3) is 0.714. The van der Waals surface area contributed by atoms with Crippen molar-refractivity contribution in [2.75, 3.05) is 7.05 Å². The van der Waals surface area contributed by atoms with Crippen LogP contribution in [0.25, 0.3) is 0 Å². The Morgan fingerprint density at radius 3 is 2.53 bits per heavy atom. The van der Waals surface area contributed by atoms with Gasteiger partial charge >= 0.3 is 0 Å². The second kappa shape index (κ2) is 8.91. The van der Waals surface area contributed by atoms with Crippen molar-refractivity contribution < 1.29 is 18.4 Å². The van der Waals surface area contributed by atoms with Crippen LogP contribution in [0, 0.1) is 40.3 Å². The SMILES string of the molecule is C.CN1C(=O)[C@H](F)C[C@]2(C)C3CC[C@]4(C)[C@@H](C(=O)NCc5ccccc5F)CC[C@H]4C3CC[C@@H]12. The molecule has 3 aliphatic carbocycles. The van der Waals surface area contributed by atoms with Crippen LogP contribution in [0.1, 0.15) is 71.8 Å². The molecule has 6 heteroatoms. The van der Waals surface area contributed by atoms with Crippen LogP contribution in [0.4, 0.5) is 8.78 Å². The summed E-state index contributed by atoms with van der Waals surface area (Å²) in [5, 5.41) is 3.01. The van der Waals surface area contributed by atoms with Crippen molar-refractivity contribution in [2.24, 2.45) is 34.5 Å². The van der Waals surface area contributed by atoms with E-state index in [0.717, 1.165) is 38.5 Å². The van der Waals surface area contributed by atoms with Crippen LogP contribution >= 0.6 is 0 Å². The molecule has 188 valence electrons. The van der Waals surface area contributed by atoms with E-state index in [1.165, 1.54) is 6.07 Å². The van der Waals surface area contributed by atoms with Crippen molar-refractivity contribution in [1.82, 2.24) is 10.2 Å². The van der Waals surface area contributed by atoms with E-state index < -0.39 is 6.17 Å². The molecule has 1 saturated heterocycles. The summed E-state index contributed by atoms with van der Waals surface area (Å²) in [7, 11) is 1.77. The molecule has 4 nitrogen and oxygen atoms in total. The molecule has 2 unspecified atom stereocenters. The lowest BCUT2D eigenvalue weighted by Crippen LogP contribution is -2.64. The minimum Gasteiger partial charge on any atom is -0.352 e. The Morgan fingerprint density at radius 2 is 1.79 bits per heavy atom. The second-order valence-corrected chi connectivity index (χ2v) is 11.6. The lowest BCUT2D eigenvalue weighted by molar-refractivity contribution is -0.169. The van der Waals surface area contributed by atoms with E-state index in [1.807, 2.05) is 0 Å². The van der Waals surface area contributed by atoms with E-state index in [-0.39, 0.29) is 54.4 Å². The molecule has 1 N–H and O–H groups in total. The molecule has 1 heterocycles. The Balaban J connectivity index is 0.00000274. The number of halogens is 2. The number of piperidine rings is 1. The van der Waals surface area contributed by atoms with Gasteiger partial charge in [-0.15, -0.1) is 0 Å². The van der Waals surface area contributed by atoms with Gasteiger partial charge in [0.25, 0.3) is 5.91 Å². The van der Waals surface area contributed by atoms with Crippen molar-refractivity contribution in [2.45, 2.75) is 85.0 Å². The summed E-state index contributed by atoms with van der Waals surface area (Å²) in [6.07, 6.45) is 4.71. The Morgan fingerprint density at radius 1 is 1.09 bits per heavy atom. The normalized spacial score (nSPS) is 41.1. The van der Waals surface area contributed by atoms with Crippen molar-refractivity contribution >= 4 is 11.8 Å². The maximum Gasteiger partial charge on any atom is 0.257 e. The van der Waals surface area contributed by atoms with Gasteiger partial charge in [-0.2, -0.15) is 0 Å². The third kappa shape index (κ3) is 3.67. The average molecular weight is 475 g/mol. The van der Waals surface area contributed by atoms with Gasteiger partial charge in [0, 0.05) is 31.1 Å². The smallest absolute Gasteiger partial charge is 0.257 e. The number of alkyl halides is 1. The van der Waals surface area contributed by atoms with Crippen molar-refractivity contribution in [3.8, 4) is 0 Å². The highest BCUT2D eigenvalue weighted by Crippen LogP contribution is 2.66. The molecule has 0 radical (unpaired) electrons. The Kier molecular flexibility index (Phi) is 6.58. The molecule has 5 rings (SSSR count). The third-order valence-corrected chi connectivity index (χ3v) is 10.2. The molecule has 4 aliphatic rings. The fourth-order valence-electron chi connectivity index (χ4n) is 8.59. The van der Waals surface area contributed by atoms with Gasteiger partial charge < -0.3 is 10.2 Å². The number of nitrogens with one attached hydrogen (secondary N) is 1. The minimum atomic E-state index is -1.40. The van der Waals surface area contributed by atoms with Gasteiger partial charge in [-0.3, -0.25) is 9.59 Å². The maximum absolute atomic E-state index is 14.7. The third-order valence-electron chi connectivity index (χ3n) is 10.2. The molecule has 8 atom stereocenters. The monoisotopic (exact) mass is 474 g/mol. The molecule has 0 aromatic heterocycles. The lowest BCUT2D eigenvalue weighted by atomic mass is 9.46. The summed E-state index contributed by atoms with van der Waals surface area (Å²) >= 11 is 0. The summed E-state index contributed by atoms with van der Waals surface area (Å²) in [4.78, 5) is 27.2. The predicted molar refractivity (Wildman–Crippen MR) is 129 cm³/mol. The van der Waals surface area contributed by atoms with Crippen LogP contribution in [-0.4, -0.2) is 36.0 Å². The molecule has 0 spiro atoms. The maximum atomic E-state index is 14.7. The van der Waals surface area contributed by atoms with Crippen molar-refractivity contribution in [3.63, 3.8) is 0 Å². The van der Waals surface area contributed by atoms with Gasteiger partial charge in [-0.05, 0) is 79.6 Å².